The number of aryl methyl sites for hydroxylation is 2. The molecule has 0 N–H and O–H groups in total. The van der Waals surface area contributed by atoms with Gasteiger partial charge in [0.25, 0.3) is 5.97 Å². The molecule has 0 atom stereocenters. The quantitative estimate of drug-likeness (QED) is 0.741. The van der Waals surface area contributed by atoms with Gasteiger partial charge in [-0.25, -0.2) is 0 Å². The Hall–Kier alpha value is -1.10. The van der Waals surface area contributed by atoms with Gasteiger partial charge in [-0.1, -0.05) is 5.16 Å². The van der Waals surface area contributed by atoms with E-state index in [4.69, 9.17) is 8.95 Å². The molecule has 0 fully saturated rings. The maximum absolute atomic E-state index is 11.4. The maximum Gasteiger partial charge on any atom is 0.292 e. The van der Waals surface area contributed by atoms with Crippen molar-refractivity contribution < 1.29 is 13.7 Å². The molecule has 1 heterocycles. The van der Waals surface area contributed by atoms with Crippen molar-refractivity contribution in [2.45, 2.75) is 39.4 Å². The fourth-order valence-corrected chi connectivity index (χ4v) is 1.94. The Morgan fingerprint density at radius 3 is 2.67 bits per heavy atom. The van der Waals surface area contributed by atoms with Crippen LogP contribution in [0.4, 0.5) is 0 Å². The van der Waals surface area contributed by atoms with Gasteiger partial charge in [-0.05, 0) is 26.6 Å². The van der Waals surface area contributed by atoms with Crippen LogP contribution in [0.2, 0.25) is 19.6 Å². The predicted octanol–water partition coefficient (Wildman–Crippen LogP) is 2.29. The van der Waals surface area contributed by atoms with Crippen molar-refractivity contribution in [3.63, 3.8) is 0 Å². The average Bonchev–Trinajstić information content (AvgIpc) is 2.45. The smallest absolute Gasteiger partial charge is 0.292 e. The van der Waals surface area contributed by atoms with Crippen LogP contribution in [0.25, 0.3) is 0 Å². The molecule has 0 bridgehead atoms. The highest BCUT2D eigenvalue weighted by molar-refractivity contribution is 6.71. The number of hydrogen-bond acceptors (Lipinski definition) is 4. The van der Waals surface area contributed by atoms with Crippen molar-refractivity contribution in [3.05, 3.63) is 17.5 Å². The van der Waals surface area contributed by atoms with Crippen molar-refractivity contribution in [1.82, 2.24) is 5.16 Å². The summed E-state index contributed by atoms with van der Waals surface area (Å²) in [6.07, 6.45) is 0.955. The standard InChI is InChI=1S/C10H17NO3Si/c1-8-7-9(11-13-8)5-6-10(12)14-15(2,3)4/h7H,5-6H2,1-4H3. The molecule has 4 nitrogen and oxygen atoms in total. The molecule has 0 saturated heterocycles. The monoisotopic (exact) mass is 227 g/mol. The van der Waals surface area contributed by atoms with Gasteiger partial charge in [0, 0.05) is 18.9 Å². The zero-order chi connectivity index (χ0) is 11.5. The lowest BCUT2D eigenvalue weighted by Gasteiger charge is -2.16. The maximum atomic E-state index is 11.4. The minimum atomic E-state index is -1.75. The Morgan fingerprint density at radius 2 is 2.20 bits per heavy atom. The summed E-state index contributed by atoms with van der Waals surface area (Å²) >= 11 is 0. The first-order valence-electron chi connectivity index (χ1n) is 5.01. The van der Waals surface area contributed by atoms with Crippen molar-refractivity contribution in [2.75, 3.05) is 0 Å². The zero-order valence-electron chi connectivity index (χ0n) is 9.66. The second-order valence-electron chi connectivity index (χ2n) is 4.52. The zero-order valence-corrected chi connectivity index (χ0v) is 10.7. The van der Waals surface area contributed by atoms with Crippen LogP contribution in [0.3, 0.4) is 0 Å². The molecule has 1 aromatic heterocycles. The average molecular weight is 227 g/mol. The molecule has 0 aliphatic carbocycles. The highest BCUT2D eigenvalue weighted by atomic mass is 28.4. The van der Waals surface area contributed by atoms with E-state index in [2.05, 4.69) is 5.16 Å². The molecule has 1 rings (SSSR count). The van der Waals surface area contributed by atoms with E-state index in [0.29, 0.717) is 12.8 Å². The second-order valence-corrected chi connectivity index (χ2v) is 8.94. The SMILES string of the molecule is Cc1cc(CCC(=O)O[Si](C)(C)C)no1. The molecule has 5 heteroatoms. The minimum Gasteiger partial charge on any atom is -0.520 e. The first-order valence-corrected chi connectivity index (χ1v) is 8.42. The van der Waals surface area contributed by atoms with Crippen LogP contribution >= 0.6 is 0 Å². The van der Waals surface area contributed by atoms with Gasteiger partial charge in [0.15, 0.2) is 0 Å². The van der Waals surface area contributed by atoms with Crippen LogP contribution in [-0.2, 0) is 15.6 Å². The van der Waals surface area contributed by atoms with Crippen LogP contribution in [0, 0.1) is 6.92 Å². The van der Waals surface area contributed by atoms with Crippen molar-refractivity contribution in [2.24, 2.45) is 0 Å². The van der Waals surface area contributed by atoms with E-state index in [9.17, 15) is 4.79 Å². The lowest BCUT2D eigenvalue weighted by molar-refractivity contribution is -0.135. The van der Waals surface area contributed by atoms with Gasteiger partial charge in [0.2, 0.25) is 8.32 Å². The van der Waals surface area contributed by atoms with E-state index in [0.717, 1.165) is 11.5 Å². The number of carbonyl (C=O) groups excluding carboxylic acids is 1. The van der Waals surface area contributed by atoms with Crippen LogP contribution in [0.5, 0.6) is 0 Å². The topological polar surface area (TPSA) is 52.3 Å². The van der Waals surface area contributed by atoms with E-state index < -0.39 is 8.32 Å². The Morgan fingerprint density at radius 1 is 1.53 bits per heavy atom. The van der Waals surface area contributed by atoms with Crippen LogP contribution in [-0.4, -0.2) is 19.4 Å². The van der Waals surface area contributed by atoms with Gasteiger partial charge < -0.3 is 8.95 Å². The second kappa shape index (κ2) is 4.61. The first kappa shape index (κ1) is 12.0. The highest BCUT2D eigenvalue weighted by Crippen LogP contribution is 2.08. The highest BCUT2D eigenvalue weighted by Gasteiger charge is 2.19. The minimum absolute atomic E-state index is 0.144. The molecule has 0 aliphatic heterocycles. The summed E-state index contributed by atoms with van der Waals surface area (Å²) in [5, 5.41) is 3.81. The molecule has 0 spiro atoms. The van der Waals surface area contributed by atoms with Gasteiger partial charge in [0.1, 0.15) is 5.76 Å². The molecular weight excluding hydrogens is 210 g/mol. The molecule has 0 saturated carbocycles. The van der Waals surface area contributed by atoms with Crippen LogP contribution < -0.4 is 0 Å². The summed E-state index contributed by atoms with van der Waals surface area (Å²) in [6.45, 7) is 7.80. The molecule has 0 radical (unpaired) electrons. The number of rotatable bonds is 4. The molecule has 0 amide bonds. The Kier molecular flexibility index (Phi) is 3.68. The van der Waals surface area contributed by atoms with Gasteiger partial charge in [-0.15, -0.1) is 0 Å². The summed E-state index contributed by atoms with van der Waals surface area (Å²) in [4.78, 5) is 11.4. The van der Waals surface area contributed by atoms with E-state index in [1.807, 2.05) is 32.6 Å². The number of nitrogens with zero attached hydrogens (tertiary/aromatic N) is 1. The van der Waals surface area contributed by atoms with Gasteiger partial charge in [-0.3, -0.25) is 4.79 Å². The number of aromatic nitrogens is 1. The van der Waals surface area contributed by atoms with E-state index >= 15 is 0 Å². The number of hydrogen-bond donors (Lipinski definition) is 0. The fraction of sp³-hybridized carbons (Fsp3) is 0.600. The van der Waals surface area contributed by atoms with E-state index in [-0.39, 0.29) is 5.97 Å². The first-order chi connectivity index (χ1) is 6.87. The predicted molar refractivity (Wildman–Crippen MR) is 59.0 cm³/mol. The van der Waals surface area contributed by atoms with Gasteiger partial charge >= 0.3 is 0 Å². The molecule has 1 aromatic rings. The van der Waals surface area contributed by atoms with Gasteiger partial charge in [-0.2, -0.15) is 0 Å². The van der Waals surface area contributed by atoms with Crippen molar-refractivity contribution >= 4 is 14.3 Å². The van der Waals surface area contributed by atoms with E-state index in [1.165, 1.54) is 0 Å². The summed E-state index contributed by atoms with van der Waals surface area (Å²) < 4.78 is 10.2. The third-order valence-corrected chi connectivity index (χ3v) is 2.52. The Balaban J connectivity index is 2.35. The molecule has 15 heavy (non-hydrogen) atoms. The fourth-order valence-electron chi connectivity index (χ4n) is 1.16. The lowest BCUT2D eigenvalue weighted by atomic mass is 10.2. The van der Waals surface area contributed by atoms with Gasteiger partial charge in [0.05, 0.1) is 5.69 Å². The summed E-state index contributed by atoms with van der Waals surface area (Å²) in [6, 6.07) is 1.84. The summed E-state index contributed by atoms with van der Waals surface area (Å²) in [5.41, 5.74) is 0.806. The largest absolute Gasteiger partial charge is 0.520 e. The normalized spacial score (nSPS) is 11.5. The molecule has 0 unspecified atom stereocenters. The lowest BCUT2D eigenvalue weighted by Crippen LogP contribution is -2.29. The van der Waals surface area contributed by atoms with E-state index in [1.54, 1.807) is 0 Å². The molecule has 0 aliphatic rings. The molecule has 0 aromatic carbocycles. The van der Waals surface area contributed by atoms with Crippen LogP contribution in [0.15, 0.2) is 10.6 Å². The summed E-state index contributed by atoms with van der Waals surface area (Å²) in [5.74, 6) is 0.624. The molecular formula is C10H17NO3Si. The third kappa shape index (κ3) is 4.78. The Bertz CT molecular complexity index is 341. The number of carbonyl (C=O) groups is 1. The Labute approximate surface area is 90.7 Å². The molecule has 84 valence electrons. The van der Waals surface area contributed by atoms with Crippen LogP contribution in [0.1, 0.15) is 17.9 Å². The van der Waals surface area contributed by atoms with Crippen molar-refractivity contribution in [3.8, 4) is 0 Å². The van der Waals surface area contributed by atoms with Crippen molar-refractivity contribution in [1.29, 1.82) is 0 Å². The summed E-state index contributed by atoms with van der Waals surface area (Å²) in [7, 11) is -1.75. The third-order valence-electron chi connectivity index (χ3n) is 1.68.